The Morgan fingerprint density at radius 3 is 2.22 bits per heavy atom. The Hall–Kier alpha value is -1.24. The summed E-state index contributed by atoms with van der Waals surface area (Å²) in [4.78, 5) is 35.3. The van der Waals surface area contributed by atoms with Gasteiger partial charge < -0.3 is 14.8 Å². The van der Waals surface area contributed by atoms with Gasteiger partial charge in [-0.25, -0.2) is 4.79 Å². The van der Waals surface area contributed by atoms with Crippen molar-refractivity contribution >= 4 is 28.9 Å². The van der Waals surface area contributed by atoms with Crippen LogP contribution in [0.3, 0.4) is 0 Å². The molecular formula is C20H37NO5S. The SMILES string of the molecule is CCC(C)C(CC(C)(C)C(C)(C)NC(=O)OCCCSC(C)=O)C(=O)OC. The molecule has 158 valence electrons. The van der Waals surface area contributed by atoms with Gasteiger partial charge in [-0.3, -0.25) is 9.59 Å². The summed E-state index contributed by atoms with van der Waals surface area (Å²) in [7, 11) is 1.41. The number of rotatable bonds is 11. The number of carbonyl (C=O) groups excluding carboxylic acids is 3. The molecule has 0 saturated heterocycles. The van der Waals surface area contributed by atoms with Crippen LogP contribution >= 0.6 is 11.8 Å². The molecule has 0 radical (unpaired) electrons. The third-order valence-corrected chi connectivity index (χ3v) is 6.40. The van der Waals surface area contributed by atoms with Crippen molar-refractivity contribution in [2.75, 3.05) is 19.5 Å². The normalized spacial score (nSPS) is 14.2. The van der Waals surface area contributed by atoms with Crippen LogP contribution in [0, 0.1) is 17.3 Å². The highest BCUT2D eigenvalue weighted by atomic mass is 32.2. The molecular weight excluding hydrogens is 366 g/mol. The fourth-order valence-corrected chi connectivity index (χ4v) is 3.21. The van der Waals surface area contributed by atoms with Crippen molar-refractivity contribution in [3.63, 3.8) is 0 Å². The molecule has 0 aliphatic heterocycles. The number of alkyl carbamates (subject to hydrolysis) is 1. The maximum atomic E-state index is 12.2. The minimum Gasteiger partial charge on any atom is -0.469 e. The van der Waals surface area contributed by atoms with E-state index in [1.54, 1.807) is 0 Å². The van der Waals surface area contributed by atoms with Gasteiger partial charge in [-0.15, -0.1) is 0 Å². The lowest BCUT2D eigenvalue weighted by Crippen LogP contribution is -2.55. The molecule has 0 aliphatic carbocycles. The second kappa shape index (κ2) is 11.6. The average molecular weight is 404 g/mol. The summed E-state index contributed by atoms with van der Waals surface area (Å²) in [5, 5.41) is 2.99. The van der Waals surface area contributed by atoms with Gasteiger partial charge in [0.05, 0.1) is 19.6 Å². The van der Waals surface area contributed by atoms with Crippen LogP contribution in [0.1, 0.15) is 67.7 Å². The minimum absolute atomic E-state index is 0.0591. The van der Waals surface area contributed by atoms with Crippen molar-refractivity contribution in [2.45, 2.75) is 73.3 Å². The van der Waals surface area contributed by atoms with Crippen LogP contribution in [-0.4, -0.2) is 42.2 Å². The largest absolute Gasteiger partial charge is 0.469 e. The lowest BCUT2D eigenvalue weighted by atomic mass is 9.67. The van der Waals surface area contributed by atoms with E-state index in [4.69, 9.17) is 9.47 Å². The van der Waals surface area contributed by atoms with Crippen LogP contribution in [0.5, 0.6) is 0 Å². The number of amides is 1. The van der Waals surface area contributed by atoms with Crippen LogP contribution in [0.25, 0.3) is 0 Å². The molecule has 0 aromatic heterocycles. The van der Waals surface area contributed by atoms with Gasteiger partial charge >= 0.3 is 12.1 Å². The maximum absolute atomic E-state index is 12.2. The number of nitrogens with one attached hydrogen (secondary N) is 1. The monoisotopic (exact) mass is 403 g/mol. The van der Waals surface area contributed by atoms with Crippen LogP contribution in [0.4, 0.5) is 4.79 Å². The van der Waals surface area contributed by atoms with E-state index in [9.17, 15) is 14.4 Å². The zero-order valence-electron chi connectivity index (χ0n) is 18.1. The third kappa shape index (κ3) is 9.00. The third-order valence-electron chi connectivity index (χ3n) is 5.50. The standard InChI is InChI=1S/C20H37NO5S/c1-9-14(2)16(17(23)25-8)13-19(4,5)20(6,7)21-18(24)26-11-10-12-27-15(3)22/h14,16H,9-13H2,1-8H3,(H,21,24). The molecule has 1 N–H and O–H groups in total. The van der Waals surface area contributed by atoms with Gasteiger partial charge in [0.1, 0.15) is 0 Å². The number of hydrogen-bond acceptors (Lipinski definition) is 6. The lowest BCUT2D eigenvalue weighted by molar-refractivity contribution is -0.149. The second-order valence-corrected chi connectivity index (χ2v) is 9.45. The highest BCUT2D eigenvalue weighted by Crippen LogP contribution is 2.39. The molecule has 2 unspecified atom stereocenters. The van der Waals surface area contributed by atoms with E-state index >= 15 is 0 Å². The molecule has 0 aliphatic rings. The fourth-order valence-electron chi connectivity index (χ4n) is 2.66. The summed E-state index contributed by atoms with van der Waals surface area (Å²) in [5.41, 5.74) is -0.948. The Bertz CT molecular complexity index is 505. The fraction of sp³-hybridized carbons (Fsp3) is 0.850. The van der Waals surface area contributed by atoms with Crippen molar-refractivity contribution in [2.24, 2.45) is 17.3 Å². The van der Waals surface area contributed by atoms with Crippen molar-refractivity contribution in [1.29, 1.82) is 0 Å². The van der Waals surface area contributed by atoms with E-state index in [0.29, 0.717) is 18.6 Å². The first-order valence-electron chi connectivity index (χ1n) is 9.54. The van der Waals surface area contributed by atoms with Crippen molar-refractivity contribution in [3.8, 4) is 0 Å². The Morgan fingerprint density at radius 1 is 1.15 bits per heavy atom. The molecule has 0 spiro atoms. The summed E-state index contributed by atoms with van der Waals surface area (Å²) in [6, 6.07) is 0. The predicted molar refractivity (Wildman–Crippen MR) is 110 cm³/mol. The summed E-state index contributed by atoms with van der Waals surface area (Å²) in [6.45, 7) is 13.8. The van der Waals surface area contributed by atoms with Crippen LogP contribution in [0.15, 0.2) is 0 Å². The van der Waals surface area contributed by atoms with Crippen LogP contribution in [0.2, 0.25) is 0 Å². The van der Waals surface area contributed by atoms with Gasteiger partial charge in [-0.2, -0.15) is 0 Å². The molecule has 2 atom stereocenters. The summed E-state index contributed by atoms with van der Waals surface area (Å²) in [6.07, 6.45) is 1.61. The lowest BCUT2D eigenvalue weighted by Gasteiger charge is -2.44. The van der Waals surface area contributed by atoms with Crippen LogP contribution in [-0.2, 0) is 19.1 Å². The quantitative estimate of drug-likeness (QED) is 0.406. The molecule has 0 heterocycles. The first-order valence-corrected chi connectivity index (χ1v) is 10.5. The molecule has 0 fully saturated rings. The van der Waals surface area contributed by atoms with Gasteiger partial charge in [0, 0.05) is 18.2 Å². The summed E-state index contributed by atoms with van der Waals surface area (Å²) >= 11 is 1.22. The minimum atomic E-state index is -0.585. The Morgan fingerprint density at radius 2 is 1.74 bits per heavy atom. The molecule has 6 nitrogen and oxygen atoms in total. The van der Waals surface area contributed by atoms with Gasteiger partial charge in [0.25, 0.3) is 0 Å². The van der Waals surface area contributed by atoms with Crippen molar-refractivity contribution in [1.82, 2.24) is 5.32 Å². The molecule has 7 heteroatoms. The molecule has 1 amide bonds. The molecule has 0 saturated carbocycles. The molecule has 0 aromatic rings. The van der Waals surface area contributed by atoms with Crippen LogP contribution < -0.4 is 5.32 Å². The van der Waals surface area contributed by atoms with E-state index in [2.05, 4.69) is 12.2 Å². The predicted octanol–water partition coefficient (Wildman–Crippen LogP) is 4.41. The summed E-state index contributed by atoms with van der Waals surface area (Å²) < 4.78 is 10.2. The van der Waals surface area contributed by atoms with Gasteiger partial charge in [0.15, 0.2) is 5.12 Å². The van der Waals surface area contributed by atoms with Crippen molar-refractivity contribution < 1.29 is 23.9 Å². The number of thioether (sulfide) groups is 1. The zero-order chi connectivity index (χ0) is 21.3. The Kier molecular flexibility index (Phi) is 11.0. The van der Waals surface area contributed by atoms with E-state index < -0.39 is 11.6 Å². The number of ether oxygens (including phenoxy) is 2. The zero-order valence-corrected chi connectivity index (χ0v) is 19.0. The second-order valence-electron chi connectivity index (χ2n) is 8.18. The molecule has 0 rings (SSSR count). The maximum Gasteiger partial charge on any atom is 0.407 e. The molecule has 0 aromatic carbocycles. The first kappa shape index (κ1) is 25.8. The first-order chi connectivity index (χ1) is 12.4. The van der Waals surface area contributed by atoms with E-state index in [1.807, 2.05) is 34.6 Å². The van der Waals surface area contributed by atoms with Gasteiger partial charge in [-0.1, -0.05) is 45.9 Å². The van der Waals surface area contributed by atoms with Gasteiger partial charge in [0.2, 0.25) is 0 Å². The highest BCUT2D eigenvalue weighted by Gasteiger charge is 2.42. The summed E-state index contributed by atoms with van der Waals surface area (Å²) in [5.74, 6) is 0.389. The average Bonchev–Trinajstić information content (AvgIpc) is 2.57. The number of esters is 1. The number of carbonyl (C=O) groups is 3. The molecule has 27 heavy (non-hydrogen) atoms. The van der Waals surface area contributed by atoms with E-state index in [0.717, 1.165) is 6.42 Å². The van der Waals surface area contributed by atoms with Crippen molar-refractivity contribution in [3.05, 3.63) is 0 Å². The highest BCUT2D eigenvalue weighted by molar-refractivity contribution is 8.13. The van der Waals surface area contributed by atoms with E-state index in [-0.39, 0.29) is 34.9 Å². The Labute approximate surface area is 168 Å². The number of methoxy groups -OCH3 is 1. The topological polar surface area (TPSA) is 81.7 Å². The number of hydrogen-bond donors (Lipinski definition) is 1. The Balaban J connectivity index is 4.81. The van der Waals surface area contributed by atoms with Gasteiger partial charge in [-0.05, 0) is 38.0 Å². The van der Waals surface area contributed by atoms with E-state index in [1.165, 1.54) is 25.8 Å². The molecule has 0 bridgehead atoms. The smallest absolute Gasteiger partial charge is 0.407 e.